The number of nitrogens with zero attached hydrogens (tertiary/aromatic N) is 4. The van der Waals surface area contributed by atoms with E-state index in [1.807, 2.05) is 0 Å². The van der Waals surface area contributed by atoms with E-state index in [4.69, 9.17) is 121 Å². The summed E-state index contributed by atoms with van der Waals surface area (Å²) in [6.07, 6.45) is -47.3. The van der Waals surface area contributed by atoms with Crippen molar-refractivity contribution < 1.29 is 156 Å². The van der Waals surface area contributed by atoms with E-state index in [0.717, 1.165) is 42.7 Å². The van der Waals surface area contributed by atoms with Gasteiger partial charge in [-0.05, 0) is 191 Å². The average Bonchev–Trinajstić information content (AvgIpc) is 0.640. The molecule has 8 aliphatic heterocycles. The lowest BCUT2D eigenvalue weighted by Crippen LogP contribution is -2.51. The van der Waals surface area contributed by atoms with Crippen LogP contribution in [0.2, 0.25) is 0 Å². The molecule has 24 heteroatoms. The number of hydrogen-bond acceptors (Lipinski definition) is 24. The number of piperidine rings is 4. The largest absolute Gasteiger partial charge is 0.493 e. The molecule has 8 aliphatic rings. The Morgan fingerprint density at radius 3 is 0.692 bits per heavy atom. The van der Waals surface area contributed by atoms with E-state index >= 15 is 0 Å². The fourth-order valence-electron chi connectivity index (χ4n) is 11.7. The van der Waals surface area contributed by atoms with Crippen molar-refractivity contribution in [3.63, 3.8) is 0 Å². The Morgan fingerprint density at radius 1 is 0.342 bits per heavy atom. The highest BCUT2D eigenvalue weighted by atomic mass is 16.6. The predicted molar refractivity (Wildman–Crippen MR) is 471 cm³/mol. The first-order valence-corrected chi connectivity index (χ1v) is 38.7. The van der Waals surface area contributed by atoms with Crippen molar-refractivity contribution in [1.29, 1.82) is 0 Å². The third kappa shape index (κ3) is 23.8. The zero-order chi connectivity index (χ0) is 140. The maximum absolute atomic E-state index is 13.3. The molecule has 4 fully saturated rings. The Balaban J connectivity index is 0.000000259. The van der Waals surface area contributed by atoms with Crippen molar-refractivity contribution in [1.82, 2.24) is 19.6 Å². The van der Waals surface area contributed by atoms with E-state index in [1.165, 1.54) is 111 Å². The van der Waals surface area contributed by atoms with Crippen molar-refractivity contribution in [3.8, 4) is 46.0 Å². The number of carbonyl (C=O) groups is 4. The molecule has 0 saturated carbocycles. The second-order valence-corrected chi connectivity index (χ2v) is 31.1. The summed E-state index contributed by atoms with van der Waals surface area (Å²) in [7, 11) is -0.572. The van der Waals surface area contributed by atoms with Crippen LogP contribution >= 0.6 is 0 Å². The molecule has 12 rings (SSSR count). The maximum Gasteiger partial charge on any atom is 0.323 e. The van der Waals surface area contributed by atoms with E-state index in [9.17, 15) is 57.6 Å². The second kappa shape index (κ2) is 43.9. The van der Waals surface area contributed by atoms with Crippen LogP contribution in [-0.2, 0) is 63.6 Å². The molecule has 0 aromatic heterocycles. The molecule has 8 N–H and O–H groups in total. The lowest BCUT2D eigenvalue weighted by Gasteiger charge is -2.47. The van der Waals surface area contributed by atoms with Crippen LogP contribution in [0.15, 0.2) is 48.3 Å². The number of benzene rings is 4. The maximum atomic E-state index is 13.3. The topological polar surface area (TPSA) is 296 Å². The van der Waals surface area contributed by atoms with Crippen molar-refractivity contribution in [2.45, 2.75) is 260 Å². The van der Waals surface area contributed by atoms with Gasteiger partial charge in [0.2, 0.25) is 0 Å². The number of ether oxygens (including phenoxy) is 12. The fraction of sp³-hybridized carbons (Fsp3) is 0.708. The van der Waals surface area contributed by atoms with Gasteiger partial charge in [-0.1, -0.05) is 111 Å². The number of methoxy groups -OCH3 is 8. The molecule has 672 valence electrons. The van der Waals surface area contributed by atoms with Gasteiger partial charge in [-0.25, -0.2) is 0 Å². The highest BCUT2D eigenvalue weighted by Crippen LogP contribution is 2.50. The van der Waals surface area contributed by atoms with Gasteiger partial charge in [0, 0.05) is 174 Å². The van der Waals surface area contributed by atoms with Crippen molar-refractivity contribution in [2.75, 3.05) is 109 Å². The van der Waals surface area contributed by atoms with Crippen LogP contribution in [0.4, 0.5) is 0 Å². The van der Waals surface area contributed by atoms with Crippen LogP contribution in [0, 0.1) is 70.9 Å². The summed E-state index contributed by atoms with van der Waals surface area (Å²) in [4.78, 5) is 52.3. The molecule has 0 amide bonds. The lowest BCUT2D eigenvalue weighted by molar-refractivity contribution is -0.161. The molecule has 4 aromatic carbocycles. The Hall–Kier alpha value is -7.16. The molecule has 120 heavy (non-hydrogen) atoms. The van der Waals surface area contributed by atoms with Gasteiger partial charge in [-0.15, -0.1) is 0 Å². The summed E-state index contributed by atoms with van der Waals surface area (Å²) < 4.78 is 580. The lowest BCUT2D eigenvalue weighted by atomic mass is 9.79. The monoisotopic (exact) mass is 1730 g/mol. The van der Waals surface area contributed by atoms with E-state index in [2.05, 4.69) is 0 Å². The Labute approximate surface area is 800 Å². The number of rotatable bonds is 28. The average molecular weight is 1730 g/mol. The number of carbonyl (C=O) groups excluding carboxylic acids is 4. The highest BCUT2D eigenvalue weighted by molar-refractivity contribution is 5.77. The molecular weight excluding hydrogens is 1520 g/mol. The third-order valence-corrected chi connectivity index (χ3v) is 18.4. The molecule has 0 spiro atoms. The van der Waals surface area contributed by atoms with Crippen LogP contribution in [0.3, 0.4) is 0 Å². The molecule has 0 aliphatic carbocycles. The molecular formula is C96H152N8O16. The van der Waals surface area contributed by atoms with Crippen LogP contribution in [0.1, 0.15) is 310 Å². The van der Waals surface area contributed by atoms with E-state index < -0.39 is 449 Å². The van der Waals surface area contributed by atoms with Crippen molar-refractivity contribution in [3.05, 3.63) is 92.8 Å². The first-order valence-electron chi connectivity index (χ1n) is 67.7. The second-order valence-electron chi connectivity index (χ2n) is 31.1. The van der Waals surface area contributed by atoms with E-state index in [1.54, 1.807) is 0 Å². The van der Waals surface area contributed by atoms with Crippen LogP contribution in [0.25, 0.3) is 0 Å². The number of hydrogen-bond donors (Lipinski definition) is 4. The number of fused-ring (bicyclic) bond motifs is 12. The highest BCUT2D eigenvalue weighted by Gasteiger charge is 2.47. The van der Waals surface area contributed by atoms with E-state index in [-0.39, 0.29) is 19.6 Å². The minimum absolute atomic E-state index is 0.128. The fourth-order valence-corrected chi connectivity index (χ4v) is 11.7. The first-order chi connectivity index (χ1) is 79.2. The first kappa shape index (κ1) is 44.1. The summed E-state index contributed by atoms with van der Waals surface area (Å²) in [5.41, 5.74) is 14.6. The molecule has 8 heterocycles. The van der Waals surface area contributed by atoms with Gasteiger partial charge in [0.25, 0.3) is 0 Å². The molecule has 16 atom stereocenters. The van der Waals surface area contributed by atoms with Crippen LogP contribution in [0.5, 0.6) is 46.0 Å². The molecule has 24 nitrogen and oxygen atoms in total. The smallest absolute Gasteiger partial charge is 0.323 e. The van der Waals surface area contributed by atoms with Gasteiger partial charge < -0.3 is 79.8 Å². The molecule has 0 bridgehead atoms. The van der Waals surface area contributed by atoms with Gasteiger partial charge in [0.1, 0.15) is 48.5 Å². The molecule has 4 saturated heterocycles. The molecule has 4 aromatic rings. The van der Waals surface area contributed by atoms with Gasteiger partial charge in [0.05, 0.1) is 86.9 Å². The summed E-state index contributed by atoms with van der Waals surface area (Å²) in [5, 5.41) is 0. The van der Waals surface area contributed by atoms with Crippen molar-refractivity contribution >= 4 is 23.9 Å². The Morgan fingerprint density at radius 2 is 0.525 bits per heavy atom. The van der Waals surface area contributed by atoms with Gasteiger partial charge in [-0.2, -0.15) is 0 Å². The zero-order valence-corrected chi connectivity index (χ0v) is 71.4. The van der Waals surface area contributed by atoms with Crippen LogP contribution < -0.4 is 60.8 Å². The van der Waals surface area contributed by atoms with Crippen molar-refractivity contribution in [2.24, 2.45) is 93.9 Å². The standard InChI is InChI=1S/4C24H38N2O4/c4*1-14(2)9-17-13-26-8-7-16-10-21(28-5)22(29-6)11-18(16)19(26)12-20(17)30-24(27)23(25)15(3)4/h4*10-11,14-15,17,19-20,23H,7-9,12-13,25H2,1-6H3/t4*17?,19?,20?,23-/m0000/s1/i2*5D3,7D2,8D2,10D,11D,12D2,13D2,17D,19D,20D;2*7D2,8D2,10D,11D,12D2,13D2,17D,19D,20D. The quantitative estimate of drug-likeness (QED) is 0.0303. The van der Waals surface area contributed by atoms with Gasteiger partial charge in [-0.3, -0.25) is 38.8 Å². The van der Waals surface area contributed by atoms with E-state index in [0.29, 0.717) is 0 Å². The third-order valence-electron chi connectivity index (χ3n) is 18.4. The Bertz CT molecular complexity index is 6640. The summed E-state index contributed by atoms with van der Waals surface area (Å²) in [6, 6.07) is -29.3. The summed E-state index contributed by atoms with van der Waals surface area (Å²) in [5.74, 6) is -30.2. The number of nitrogens with two attached hydrogens (primary N) is 4. The number of esters is 4. The van der Waals surface area contributed by atoms with Crippen LogP contribution in [-0.4, -0.2) is 201 Å². The van der Waals surface area contributed by atoms with Gasteiger partial charge in [0.15, 0.2) is 46.0 Å². The summed E-state index contributed by atoms with van der Waals surface area (Å²) in [6.45, 7) is -5.80. The summed E-state index contributed by atoms with van der Waals surface area (Å²) >= 11 is 0. The minimum atomic E-state index is -3.92. The zero-order valence-electron chi connectivity index (χ0n) is 129. The minimum Gasteiger partial charge on any atom is -0.493 e. The SMILES string of the molecule is [2H]c1c(OC([2H])([2H])[2H])c(OC)c([2H])c2c1C([2H])([2H])C([2H])([2H])N1C([2H])([2H])C([2H])(CC(C)C)C([2H])(OC(=O)[C@@H](N)C(C)C)C([2H])([2H])C21[2H].[2H]c1c(OC([2H])([2H])[2H])c(OC)c([2H])c2c1C([2H])([2H])C([2H])([2H])N1C([2H])([2H])C([2H])(CC(C)C)C([2H])(OC(=O)[C@@H](N)C(C)C)C([2H])([2H])C21[2H].[2H]c1c(OC)c(OC)c([2H])c2c1C([2H])([2H])C([2H])([2H])N1C([2H])([2H])C([2H])(CC(C)C)C([2H])(OC(=O)[C@@H](N)C(C)C)C([2H])([2H])C21[2H].[2H]c1c(OC)c(OC)c([2H])c2c1C([2H])([2H])C([2H])([2H])N1C([2H])([2H])C([2H])(CC(C)C)C([2H])(OC(=O)[C@@H](N)C(C)C)C([2H])([2H])C21[2H]. The normalized spacial score (nSPS) is 46.2. The Kier molecular flexibility index (Phi) is 16.2. The molecule has 12 unspecified atom stereocenters. The van der Waals surface area contributed by atoms with Gasteiger partial charge >= 0.3 is 23.9 Å². The molecule has 0 radical (unpaired) electrons. The predicted octanol–water partition coefficient (Wildman–Crippen LogP) is 14.3.